The zero-order chi connectivity index (χ0) is 21.1. The van der Waals surface area contributed by atoms with E-state index in [0.717, 1.165) is 17.7 Å². The van der Waals surface area contributed by atoms with Gasteiger partial charge >= 0.3 is 6.18 Å². The third kappa shape index (κ3) is 4.71. The first kappa shape index (κ1) is 20.2. The van der Waals surface area contributed by atoms with Crippen LogP contribution in [0.1, 0.15) is 18.4 Å². The summed E-state index contributed by atoms with van der Waals surface area (Å²) in [5, 5.41) is 12.7. The summed E-state index contributed by atoms with van der Waals surface area (Å²) in [6, 6.07) is 16.3. The molecule has 1 aromatic heterocycles. The third-order valence-electron chi connectivity index (χ3n) is 5.02. The average molecular weight is 414 g/mol. The third-order valence-corrected chi connectivity index (χ3v) is 5.02. The van der Waals surface area contributed by atoms with Gasteiger partial charge in [0.2, 0.25) is 5.95 Å². The van der Waals surface area contributed by atoms with Crippen LogP contribution in [0.15, 0.2) is 60.7 Å². The molecular formula is C22H21F3N4O. The Morgan fingerprint density at radius 2 is 1.67 bits per heavy atom. The quantitative estimate of drug-likeness (QED) is 0.638. The smallest absolute Gasteiger partial charge is 0.393 e. The summed E-state index contributed by atoms with van der Waals surface area (Å²) in [6.07, 6.45) is -3.47. The van der Waals surface area contributed by atoms with Gasteiger partial charge in [0.15, 0.2) is 0 Å². The van der Waals surface area contributed by atoms with Crippen LogP contribution >= 0.6 is 0 Å². The van der Waals surface area contributed by atoms with Crippen molar-refractivity contribution in [2.75, 3.05) is 23.3 Å². The number of benzene rings is 2. The van der Waals surface area contributed by atoms with Gasteiger partial charge in [0.1, 0.15) is 5.82 Å². The van der Waals surface area contributed by atoms with Crippen molar-refractivity contribution >= 4 is 17.5 Å². The summed E-state index contributed by atoms with van der Waals surface area (Å²) < 4.78 is 39.1. The van der Waals surface area contributed by atoms with E-state index < -0.39 is 11.7 Å². The molecule has 156 valence electrons. The van der Waals surface area contributed by atoms with Crippen molar-refractivity contribution in [3.05, 3.63) is 66.2 Å². The van der Waals surface area contributed by atoms with Crippen molar-refractivity contribution in [2.24, 2.45) is 0 Å². The molecule has 2 N–H and O–H groups in total. The Morgan fingerprint density at radius 1 is 0.933 bits per heavy atom. The molecule has 3 aromatic rings. The SMILES string of the molecule is OC1CCN(c2cc(-c3ccccc3)nc(Nc3cccc(C(F)(F)F)c3)n2)CC1. The van der Waals surface area contributed by atoms with Crippen molar-refractivity contribution in [3.8, 4) is 11.3 Å². The molecular weight excluding hydrogens is 393 g/mol. The highest BCUT2D eigenvalue weighted by Gasteiger charge is 2.30. The highest BCUT2D eigenvalue weighted by molar-refractivity contribution is 5.66. The summed E-state index contributed by atoms with van der Waals surface area (Å²) >= 11 is 0. The van der Waals surface area contributed by atoms with Crippen LogP contribution in [-0.2, 0) is 6.18 Å². The lowest BCUT2D eigenvalue weighted by Gasteiger charge is -2.30. The molecule has 1 fully saturated rings. The lowest BCUT2D eigenvalue weighted by atomic mass is 10.1. The number of nitrogens with zero attached hydrogens (tertiary/aromatic N) is 3. The monoisotopic (exact) mass is 414 g/mol. The molecule has 0 amide bonds. The molecule has 4 rings (SSSR count). The number of anilines is 3. The minimum atomic E-state index is -4.43. The highest BCUT2D eigenvalue weighted by atomic mass is 19.4. The van der Waals surface area contributed by atoms with Crippen LogP contribution in [0.5, 0.6) is 0 Å². The molecule has 0 spiro atoms. The summed E-state index contributed by atoms with van der Waals surface area (Å²) in [5.74, 6) is 0.891. The predicted octanol–water partition coefficient (Wildman–Crippen LogP) is 4.87. The fourth-order valence-electron chi connectivity index (χ4n) is 3.41. The van der Waals surface area contributed by atoms with E-state index in [4.69, 9.17) is 0 Å². The standard InChI is InChI=1S/C22H21F3N4O/c23-22(24,25)16-7-4-8-17(13-16)26-21-27-19(15-5-2-1-3-6-15)14-20(28-21)29-11-9-18(30)10-12-29/h1-8,13-14,18,30H,9-12H2,(H,26,27,28). The molecule has 0 saturated carbocycles. The van der Waals surface area contributed by atoms with Crippen LogP contribution in [0.25, 0.3) is 11.3 Å². The second kappa shape index (κ2) is 8.31. The highest BCUT2D eigenvalue weighted by Crippen LogP contribution is 2.32. The van der Waals surface area contributed by atoms with Gasteiger partial charge in [-0.2, -0.15) is 18.2 Å². The van der Waals surface area contributed by atoms with E-state index in [1.807, 2.05) is 36.4 Å². The van der Waals surface area contributed by atoms with Gasteiger partial charge in [-0.25, -0.2) is 4.98 Å². The number of nitrogens with one attached hydrogen (secondary N) is 1. The lowest BCUT2D eigenvalue weighted by molar-refractivity contribution is -0.137. The normalized spacial score (nSPS) is 15.3. The molecule has 0 aliphatic carbocycles. The molecule has 0 radical (unpaired) electrons. The topological polar surface area (TPSA) is 61.3 Å². The number of aliphatic hydroxyl groups excluding tert-OH is 1. The first-order chi connectivity index (χ1) is 14.4. The second-order valence-corrected chi connectivity index (χ2v) is 7.22. The number of alkyl halides is 3. The average Bonchev–Trinajstić information content (AvgIpc) is 2.74. The molecule has 0 bridgehead atoms. The van der Waals surface area contributed by atoms with Crippen LogP contribution in [0.4, 0.5) is 30.6 Å². The summed E-state index contributed by atoms with van der Waals surface area (Å²) in [6.45, 7) is 1.30. The number of aliphatic hydroxyl groups is 1. The molecule has 2 heterocycles. The molecule has 5 nitrogen and oxygen atoms in total. The Balaban J connectivity index is 1.69. The van der Waals surface area contributed by atoms with E-state index in [-0.39, 0.29) is 17.7 Å². The number of rotatable bonds is 4. The van der Waals surface area contributed by atoms with Gasteiger partial charge < -0.3 is 15.3 Å². The number of hydrogen-bond acceptors (Lipinski definition) is 5. The van der Waals surface area contributed by atoms with E-state index in [0.29, 0.717) is 37.4 Å². The lowest BCUT2D eigenvalue weighted by Crippen LogP contribution is -2.36. The summed E-state index contributed by atoms with van der Waals surface area (Å²) in [4.78, 5) is 11.1. The first-order valence-corrected chi connectivity index (χ1v) is 9.70. The number of aromatic nitrogens is 2. The van der Waals surface area contributed by atoms with E-state index >= 15 is 0 Å². The first-order valence-electron chi connectivity index (χ1n) is 9.70. The maximum absolute atomic E-state index is 13.0. The Kier molecular flexibility index (Phi) is 5.59. The Morgan fingerprint density at radius 3 is 2.37 bits per heavy atom. The van der Waals surface area contributed by atoms with Crippen LogP contribution in [0.3, 0.4) is 0 Å². The van der Waals surface area contributed by atoms with Crippen molar-refractivity contribution in [2.45, 2.75) is 25.1 Å². The molecule has 1 saturated heterocycles. The molecule has 2 aromatic carbocycles. The van der Waals surface area contributed by atoms with Crippen molar-refractivity contribution in [1.82, 2.24) is 9.97 Å². The van der Waals surface area contributed by atoms with Crippen LogP contribution in [0.2, 0.25) is 0 Å². The molecule has 0 unspecified atom stereocenters. The van der Waals surface area contributed by atoms with Gasteiger partial charge in [-0.15, -0.1) is 0 Å². The van der Waals surface area contributed by atoms with Gasteiger partial charge in [-0.1, -0.05) is 36.4 Å². The van der Waals surface area contributed by atoms with Gasteiger partial charge in [0, 0.05) is 30.4 Å². The molecule has 1 aliphatic heterocycles. The van der Waals surface area contributed by atoms with Crippen molar-refractivity contribution in [1.29, 1.82) is 0 Å². The van der Waals surface area contributed by atoms with Gasteiger partial charge in [-0.3, -0.25) is 0 Å². The fourth-order valence-corrected chi connectivity index (χ4v) is 3.41. The minimum absolute atomic E-state index is 0.219. The Labute approximate surface area is 172 Å². The van der Waals surface area contributed by atoms with Crippen LogP contribution < -0.4 is 10.2 Å². The fraction of sp³-hybridized carbons (Fsp3) is 0.273. The van der Waals surface area contributed by atoms with E-state index in [1.165, 1.54) is 6.07 Å². The minimum Gasteiger partial charge on any atom is -0.393 e. The maximum Gasteiger partial charge on any atom is 0.416 e. The van der Waals surface area contributed by atoms with Crippen molar-refractivity contribution in [3.63, 3.8) is 0 Å². The maximum atomic E-state index is 13.0. The Bertz CT molecular complexity index is 1000. The molecule has 8 heteroatoms. The summed E-state index contributed by atoms with van der Waals surface area (Å²) in [7, 11) is 0. The van der Waals surface area contributed by atoms with Crippen LogP contribution in [0, 0.1) is 0 Å². The Hall–Kier alpha value is -3.13. The predicted molar refractivity (Wildman–Crippen MR) is 110 cm³/mol. The number of piperidine rings is 1. The molecule has 0 atom stereocenters. The zero-order valence-electron chi connectivity index (χ0n) is 16.1. The van der Waals surface area contributed by atoms with Gasteiger partial charge in [0.25, 0.3) is 0 Å². The molecule has 1 aliphatic rings. The largest absolute Gasteiger partial charge is 0.416 e. The number of halogens is 3. The van der Waals surface area contributed by atoms with Gasteiger partial charge in [-0.05, 0) is 31.0 Å². The zero-order valence-corrected chi connectivity index (χ0v) is 16.1. The van der Waals surface area contributed by atoms with E-state index in [1.54, 1.807) is 6.07 Å². The number of hydrogen-bond donors (Lipinski definition) is 2. The molecule has 30 heavy (non-hydrogen) atoms. The van der Waals surface area contributed by atoms with E-state index in [2.05, 4.69) is 20.2 Å². The van der Waals surface area contributed by atoms with Crippen molar-refractivity contribution < 1.29 is 18.3 Å². The van der Waals surface area contributed by atoms with E-state index in [9.17, 15) is 18.3 Å². The summed E-state index contributed by atoms with van der Waals surface area (Å²) in [5.41, 5.74) is 1.07. The van der Waals surface area contributed by atoms with Crippen LogP contribution in [-0.4, -0.2) is 34.3 Å². The van der Waals surface area contributed by atoms with Gasteiger partial charge in [0.05, 0.1) is 17.4 Å². The second-order valence-electron chi connectivity index (χ2n) is 7.22.